The average molecular weight is 491 g/mol. The molecule has 0 radical (unpaired) electrons. The molecule has 2 aromatic rings. The lowest BCUT2D eigenvalue weighted by Gasteiger charge is -2.31. The Morgan fingerprint density at radius 2 is 1.79 bits per heavy atom. The highest BCUT2D eigenvalue weighted by Crippen LogP contribution is 2.24. The number of benzene rings is 2. The third-order valence-electron chi connectivity index (χ3n) is 6.14. The molecule has 0 heterocycles. The summed E-state index contributed by atoms with van der Waals surface area (Å²) in [6, 6.07) is 10.6. The van der Waals surface area contributed by atoms with Crippen LogP contribution in [0.4, 0.5) is 0 Å². The van der Waals surface area contributed by atoms with Crippen LogP contribution in [-0.4, -0.2) is 35.4 Å². The van der Waals surface area contributed by atoms with Gasteiger partial charge in [-0.05, 0) is 62.9 Å². The molecular weight excluding hydrogens is 459 g/mol. The Morgan fingerprint density at radius 3 is 2.45 bits per heavy atom. The lowest BCUT2D eigenvalue weighted by molar-refractivity contribution is -0.142. The molecule has 178 valence electrons. The summed E-state index contributed by atoms with van der Waals surface area (Å²) in [5.74, 6) is 0.233. The van der Waals surface area contributed by atoms with Crippen LogP contribution in [0.15, 0.2) is 36.4 Å². The third-order valence-corrected chi connectivity index (χ3v) is 6.88. The molecule has 0 aromatic heterocycles. The monoisotopic (exact) mass is 490 g/mol. The fourth-order valence-corrected chi connectivity index (χ4v) is 4.49. The van der Waals surface area contributed by atoms with E-state index < -0.39 is 6.04 Å². The van der Waals surface area contributed by atoms with E-state index >= 15 is 0 Å². The molecule has 1 aliphatic carbocycles. The summed E-state index contributed by atoms with van der Waals surface area (Å²) < 4.78 is 5.82. The summed E-state index contributed by atoms with van der Waals surface area (Å²) in [4.78, 5) is 27.8. The first kappa shape index (κ1) is 25.4. The minimum Gasteiger partial charge on any atom is -0.483 e. The third kappa shape index (κ3) is 7.12. The molecule has 0 unspecified atom stereocenters. The average Bonchev–Trinajstić information content (AvgIpc) is 2.79. The fourth-order valence-electron chi connectivity index (χ4n) is 4.17. The van der Waals surface area contributed by atoms with Gasteiger partial charge in [0.15, 0.2) is 6.61 Å². The summed E-state index contributed by atoms with van der Waals surface area (Å²) in [6.45, 7) is 5.77. The zero-order chi connectivity index (χ0) is 24.0. The zero-order valence-corrected chi connectivity index (χ0v) is 21.0. The molecule has 0 bridgehead atoms. The Hall–Kier alpha value is -2.24. The van der Waals surface area contributed by atoms with Gasteiger partial charge in [-0.1, -0.05) is 66.2 Å². The molecule has 7 heteroatoms. The van der Waals surface area contributed by atoms with Gasteiger partial charge < -0.3 is 15.0 Å². The maximum absolute atomic E-state index is 13.3. The Bertz CT molecular complexity index is 989. The van der Waals surface area contributed by atoms with E-state index in [9.17, 15) is 9.59 Å². The van der Waals surface area contributed by atoms with Crippen molar-refractivity contribution >= 4 is 35.0 Å². The van der Waals surface area contributed by atoms with Gasteiger partial charge in [0.25, 0.3) is 5.91 Å². The van der Waals surface area contributed by atoms with Gasteiger partial charge in [-0.2, -0.15) is 0 Å². The minimum atomic E-state index is -0.656. The van der Waals surface area contributed by atoms with E-state index in [1.165, 1.54) is 6.42 Å². The second kappa shape index (κ2) is 11.8. The first-order valence-electron chi connectivity index (χ1n) is 11.5. The summed E-state index contributed by atoms with van der Waals surface area (Å²) >= 11 is 12.2. The molecule has 0 saturated heterocycles. The second-order valence-corrected chi connectivity index (χ2v) is 9.66. The van der Waals surface area contributed by atoms with Gasteiger partial charge in [0.2, 0.25) is 5.91 Å². The van der Waals surface area contributed by atoms with Crippen molar-refractivity contribution in [2.45, 2.75) is 71.5 Å². The van der Waals surface area contributed by atoms with Crippen LogP contribution in [0, 0.1) is 13.8 Å². The number of ether oxygens (including phenoxy) is 1. The lowest BCUT2D eigenvalue weighted by atomic mass is 9.95. The molecule has 3 rings (SSSR count). The highest BCUT2D eigenvalue weighted by molar-refractivity contribution is 6.42. The molecule has 0 aliphatic heterocycles. The predicted octanol–water partition coefficient (Wildman–Crippen LogP) is 5.86. The van der Waals surface area contributed by atoms with Crippen molar-refractivity contribution in [3.8, 4) is 5.75 Å². The van der Waals surface area contributed by atoms with Crippen LogP contribution < -0.4 is 10.1 Å². The SMILES string of the molecule is Cc1ccc(OCC(=O)N(Cc2ccc(Cl)c(Cl)c2)[C@H](C)C(=O)NC2CCCCC2)c(C)c1. The van der Waals surface area contributed by atoms with Gasteiger partial charge in [0.05, 0.1) is 10.0 Å². The van der Waals surface area contributed by atoms with E-state index in [0.717, 1.165) is 42.4 Å². The Kier molecular flexibility index (Phi) is 9.04. The first-order valence-corrected chi connectivity index (χ1v) is 12.2. The molecule has 2 amide bonds. The maximum Gasteiger partial charge on any atom is 0.261 e. The summed E-state index contributed by atoms with van der Waals surface area (Å²) in [5, 5.41) is 3.98. The van der Waals surface area contributed by atoms with E-state index in [-0.39, 0.29) is 31.0 Å². The fraction of sp³-hybridized carbons (Fsp3) is 0.462. The van der Waals surface area contributed by atoms with E-state index in [4.69, 9.17) is 27.9 Å². The van der Waals surface area contributed by atoms with Crippen molar-refractivity contribution in [1.29, 1.82) is 0 Å². The molecule has 0 spiro atoms. The minimum absolute atomic E-state index is 0.151. The second-order valence-electron chi connectivity index (χ2n) is 8.85. The van der Waals surface area contributed by atoms with Crippen molar-refractivity contribution in [3.05, 3.63) is 63.1 Å². The summed E-state index contributed by atoms with van der Waals surface area (Å²) in [5.41, 5.74) is 2.88. The van der Waals surface area contributed by atoms with E-state index in [0.29, 0.717) is 15.8 Å². The number of amides is 2. The lowest BCUT2D eigenvalue weighted by Crippen LogP contribution is -2.51. The molecule has 5 nitrogen and oxygen atoms in total. The molecule has 1 saturated carbocycles. The van der Waals surface area contributed by atoms with Gasteiger partial charge >= 0.3 is 0 Å². The number of nitrogens with one attached hydrogen (secondary N) is 1. The smallest absolute Gasteiger partial charge is 0.261 e. The molecular formula is C26H32Cl2N2O3. The van der Waals surface area contributed by atoms with Crippen molar-refractivity contribution in [2.75, 3.05) is 6.61 Å². The first-order chi connectivity index (χ1) is 15.7. The maximum atomic E-state index is 13.3. The molecule has 33 heavy (non-hydrogen) atoms. The number of aryl methyl sites for hydroxylation is 2. The van der Waals surface area contributed by atoms with E-state index in [1.807, 2.05) is 38.1 Å². The van der Waals surface area contributed by atoms with Crippen molar-refractivity contribution in [1.82, 2.24) is 10.2 Å². The Balaban J connectivity index is 1.74. The van der Waals surface area contributed by atoms with Crippen molar-refractivity contribution in [2.24, 2.45) is 0 Å². The number of rotatable bonds is 8. The molecule has 1 aliphatic rings. The molecule has 1 atom stereocenters. The van der Waals surface area contributed by atoms with Gasteiger partial charge in [-0.3, -0.25) is 9.59 Å². The highest BCUT2D eigenvalue weighted by atomic mass is 35.5. The number of hydrogen-bond donors (Lipinski definition) is 1. The molecule has 1 fully saturated rings. The number of carbonyl (C=O) groups is 2. The van der Waals surface area contributed by atoms with Crippen LogP contribution in [-0.2, 0) is 16.1 Å². The molecule has 1 N–H and O–H groups in total. The number of nitrogens with zero attached hydrogens (tertiary/aromatic N) is 1. The van der Waals surface area contributed by atoms with Crippen LogP contribution in [0.3, 0.4) is 0 Å². The number of carbonyl (C=O) groups excluding carboxylic acids is 2. The Morgan fingerprint density at radius 1 is 1.06 bits per heavy atom. The van der Waals surface area contributed by atoms with Crippen LogP contribution in [0.25, 0.3) is 0 Å². The van der Waals surface area contributed by atoms with Crippen LogP contribution in [0.5, 0.6) is 5.75 Å². The largest absolute Gasteiger partial charge is 0.483 e. The standard InChI is InChI=1S/C26H32Cl2N2O3/c1-17-9-12-24(18(2)13-17)33-16-25(31)30(15-20-10-11-22(27)23(28)14-20)19(3)26(32)29-21-7-5-4-6-8-21/h9-14,19,21H,4-8,15-16H2,1-3H3,(H,29,32)/t19-/m1/s1. The van der Waals surface area contributed by atoms with E-state index in [2.05, 4.69) is 5.32 Å². The summed E-state index contributed by atoms with van der Waals surface area (Å²) in [7, 11) is 0. The van der Waals surface area contributed by atoms with Gasteiger partial charge in [-0.15, -0.1) is 0 Å². The van der Waals surface area contributed by atoms with Crippen molar-refractivity contribution < 1.29 is 14.3 Å². The van der Waals surface area contributed by atoms with Crippen LogP contribution >= 0.6 is 23.2 Å². The number of hydrogen-bond acceptors (Lipinski definition) is 3. The van der Waals surface area contributed by atoms with Gasteiger partial charge in [0.1, 0.15) is 11.8 Å². The quantitative estimate of drug-likeness (QED) is 0.504. The van der Waals surface area contributed by atoms with Gasteiger partial charge in [-0.25, -0.2) is 0 Å². The number of halogens is 2. The highest BCUT2D eigenvalue weighted by Gasteiger charge is 2.28. The normalized spacial score (nSPS) is 15.1. The summed E-state index contributed by atoms with van der Waals surface area (Å²) in [6.07, 6.45) is 5.41. The zero-order valence-electron chi connectivity index (χ0n) is 19.5. The predicted molar refractivity (Wildman–Crippen MR) is 133 cm³/mol. The van der Waals surface area contributed by atoms with E-state index in [1.54, 1.807) is 24.0 Å². The van der Waals surface area contributed by atoms with Crippen LogP contribution in [0.2, 0.25) is 10.0 Å². The Labute approximate surface area is 206 Å². The van der Waals surface area contributed by atoms with Gasteiger partial charge in [0, 0.05) is 12.6 Å². The van der Waals surface area contributed by atoms with Crippen molar-refractivity contribution in [3.63, 3.8) is 0 Å². The topological polar surface area (TPSA) is 58.6 Å². The molecule has 2 aromatic carbocycles. The van der Waals surface area contributed by atoms with Crippen LogP contribution in [0.1, 0.15) is 55.7 Å².